The summed E-state index contributed by atoms with van der Waals surface area (Å²) in [5.74, 6) is -0.627. The highest BCUT2D eigenvalue weighted by Crippen LogP contribution is 2.45. The van der Waals surface area contributed by atoms with Crippen LogP contribution in [0.5, 0.6) is 0 Å². The Morgan fingerprint density at radius 3 is 2.19 bits per heavy atom. The number of likely N-dealkylation sites (tertiary alicyclic amines) is 1. The van der Waals surface area contributed by atoms with Gasteiger partial charge < -0.3 is 15.1 Å². The summed E-state index contributed by atoms with van der Waals surface area (Å²) in [4.78, 5) is 21.9. The molecule has 4 aliphatic rings. The highest BCUT2D eigenvalue weighted by molar-refractivity contribution is 7.99. The molecule has 3 heterocycles. The number of carbonyl (C=O) groups excluding carboxylic acids is 1. The maximum absolute atomic E-state index is 14.3. The largest absolute Gasteiger partial charge is 0.501 e. The number of hydrogen-bond donors (Lipinski definition) is 2. The first-order valence-corrected chi connectivity index (χ1v) is 28.3. The van der Waals surface area contributed by atoms with Gasteiger partial charge in [-0.25, -0.2) is 21.6 Å². The zero-order valence-electron chi connectivity index (χ0n) is 40.4. The smallest absolute Gasteiger partial charge is 0.380 e. The summed E-state index contributed by atoms with van der Waals surface area (Å²) in [6, 6.07) is 26.8. The van der Waals surface area contributed by atoms with Crippen molar-refractivity contribution in [2.75, 3.05) is 68.3 Å². The molecule has 4 aromatic rings. The van der Waals surface area contributed by atoms with Crippen molar-refractivity contribution < 1.29 is 34.8 Å². The topological polar surface area (TPSA) is 122 Å². The summed E-state index contributed by atoms with van der Waals surface area (Å²) in [6.45, 7) is 17.7. The van der Waals surface area contributed by atoms with E-state index in [1.54, 1.807) is 12.1 Å². The highest BCUT2D eigenvalue weighted by atomic mass is 35.5. The van der Waals surface area contributed by atoms with Crippen LogP contribution in [0.15, 0.2) is 117 Å². The van der Waals surface area contributed by atoms with E-state index in [0.29, 0.717) is 30.8 Å². The van der Waals surface area contributed by atoms with Crippen LogP contribution in [-0.2, 0) is 19.9 Å². The fourth-order valence-electron chi connectivity index (χ4n) is 10.4. The van der Waals surface area contributed by atoms with E-state index in [9.17, 15) is 34.8 Å². The fourth-order valence-corrected chi connectivity index (χ4v) is 13.5. The molecule has 0 radical (unpaired) electrons. The van der Waals surface area contributed by atoms with Gasteiger partial charge in [-0.05, 0) is 136 Å². The quantitative estimate of drug-likeness (QED) is 0.104. The number of allylic oxidation sites excluding steroid dienone is 1. The Morgan fingerprint density at radius 1 is 0.871 bits per heavy atom. The van der Waals surface area contributed by atoms with E-state index in [1.165, 1.54) is 40.6 Å². The van der Waals surface area contributed by atoms with Crippen LogP contribution in [0, 0.1) is 5.41 Å². The van der Waals surface area contributed by atoms with Crippen LogP contribution in [0.4, 0.5) is 24.5 Å². The number of sulfonamides is 1. The molecule has 4 aromatic carbocycles. The SMILES string of the molecule is CC1(C)CCC(c2ccc(Cl)cc2)=C(CN2C[C@@H]3C[C@H]2CN3c2ccc(C(=O)NS(=O)(=O)c3ccc(NC(CCN4CCN(C(C)(C)C)CC4)CSc4ccccc4)c(S(=O)(=O)C(F)(F)F)c3)cc2)C1. The maximum atomic E-state index is 14.3. The molecule has 3 saturated heterocycles. The molecule has 0 spiro atoms. The molecular formula is C52H64ClF3N6O5S3. The van der Waals surface area contributed by atoms with Crippen LogP contribution in [0.1, 0.15) is 82.6 Å². The number of piperazine rings is 2. The minimum absolute atomic E-state index is 0.0138. The molecule has 11 nitrogen and oxygen atoms in total. The second kappa shape index (κ2) is 20.8. The van der Waals surface area contributed by atoms with Gasteiger partial charge in [-0.15, -0.1) is 11.8 Å². The number of alkyl halides is 3. The first-order chi connectivity index (χ1) is 33.0. The molecule has 3 aliphatic heterocycles. The predicted octanol–water partition coefficient (Wildman–Crippen LogP) is 10.1. The normalized spacial score (nSPS) is 21.0. The van der Waals surface area contributed by atoms with Crippen LogP contribution in [0.2, 0.25) is 5.02 Å². The van der Waals surface area contributed by atoms with Gasteiger partial charge in [0.05, 0.1) is 10.6 Å². The van der Waals surface area contributed by atoms with Gasteiger partial charge in [0.15, 0.2) is 0 Å². The lowest BCUT2D eigenvalue weighted by Crippen LogP contribution is -2.53. The number of fused-ring (bicyclic) bond motifs is 2. The lowest BCUT2D eigenvalue weighted by Gasteiger charge is -2.42. The minimum atomic E-state index is -6.06. The number of nitrogens with one attached hydrogen (secondary N) is 2. The number of benzene rings is 4. The van der Waals surface area contributed by atoms with Gasteiger partial charge in [-0.3, -0.25) is 14.6 Å². The van der Waals surface area contributed by atoms with E-state index in [2.05, 4.69) is 71.7 Å². The van der Waals surface area contributed by atoms with E-state index in [1.807, 2.05) is 47.2 Å². The standard InChI is InChI=1S/C52H64ClF3N6O5S3/c1-50(2,3)61-27-25-59(26-28-61)24-22-40(35-68-44-9-7-6-8-10-44)57-47-20-19-45(30-48(47)69(64,65)52(54,55)56)70(66,67)58-49(63)37-13-17-41(18-14-37)62-34-42-29-43(62)33-60(42)32-38-31-51(4,5)23-21-46(38)36-11-15-39(53)16-12-36/h6-20,30,40,42-43,57H,21-29,31-35H2,1-5H3,(H,58,63)/t40?,42-,43-/m0/s1. The first-order valence-electron chi connectivity index (χ1n) is 24.0. The molecule has 0 saturated carbocycles. The molecule has 18 heteroatoms. The molecule has 1 unspecified atom stereocenters. The Hall–Kier alpha value is -4.10. The lowest BCUT2D eigenvalue weighted by molar-refractivity contribution is -0.0435. The van der Waals surface area contributed by atoms with Crippen molar-refractivity contribution in [3.63, 3.8) is 0 Å². The number of amides is 1. The van der Waals surface area contributed by atoms with Gasteiger partial charge in [-0.1, -0.05) is 61.4 Å². The number of hydrogen-bond acceptors (Lipinski definition) is 11. The zero-order valence-corrected chi connectivity index (χ0v) is 43.6. The molecule has 1 aliphatic carbocycles. The molecule has 1 amide bonds. The van der Waals surface area contributed by atoms with Crippen molar-refractivity contribution in [2.45, 2.75) is 111 Å². The van der Waals surface area contributed by atoms with E-state index in [-0.39, 0.29) is 28.2 Å². The Labute approximate surface area is 421 Å². The molecule has 0 aromatic heterocycles. The molecule has 378 valence electrons. The van der Waals surface area contributed by atoms with Crippen LogP contribution >= 0.6 is 23.4 Å². The average molecular weight is 1040 g/mol. The van der Waals surface area contributed by atoms with Crippen molar-refractivity contribution in [3.8, 4) is 0 Å². The number of sulfone groups is 1. The number of thioether (sulfide) groups is 1. The monoisotopic (exact) mass is 1040 g/mol. The molecular weight excluding hydrogens is 977 g/mol. The molecule has 3 atom stereocenters. The Bertz CT molecular complexity index is 2760. The van der Waals surface area contributed by atoms with Crippen molar-refractivity contribution in [1.82, 2.24) is 19.4 Å². The van der Waals surface area contributed by atoms with E-state index < -0.39 is 47.1 Å². The second-order valence-electron chi connectivity index (χ2n) is 20.9. The Kier molecular flexibility index (Phi) is 15.5. The van der Waals surface area contributed by atoms with Gasteiger partial charge in [0, 0.05) is 103 Å². The van der Waals surface area contributed by atoms with Gasteiger partial charge >= 0.3 is 5.51 Å². The van der Waals surface area contributed by atoms with Crippen LogP contribution in [-0.4, -0.2) is 125 Å². The number of halogens is 4. The van der Waals surface area contributed by atoms with Crippen molar-refractivity contribution in [3.05, 3.63) is 119 Å². The third-order valence-electron chi connectivity index (χ3n) is 14.3. The second-order valence-corrected chi connectivity index (χ2v) is 26.0. The van der Waals surface area contributed by atoms with E-state index in [4.69, 9.17) is 11.6 Å². The summed E-state index contributed by atoms with van der Waals surface area (Å²) < 4.78 is 98.8. The third kappa shape index (κ3) is 12.2. The molecule has 8 rings (SSSR count). The Morgan fingerprint density at radius 2 is 1.56 bits per heavy atom. The van der Waals surface area contributed by atoms with Crippen molar-refractivity contribution >= 4 is 66.1 Å². The predicted molar refractivity (Wildman–Crippen MR) is 275 cm³/mol. The van der Waals surface area contributed by atoms with E-state index >= 15 is 0 Å². The van der Waals surface area contributed by atoms with Crippen LogP contribution in [0.25, 0.3) is 5.57 Å². The molecule has 2 bridgehead atoms. The van der Waals surface area contributed by atoms with Gasteiger partial charge in [0.25, 0.3) is 25.8 Å². The number of anilines is 2. The summed E-state index contributed by atoms with van der Waals surface area (Å²) >= 11 is 7.69. The average Bonchev–Trinajstić information content (AvgIpc) is 3.91. The van der Waals surface area contributed by atoms with Crippen LogP contribution in [0.3, 0.4) is 0 Å². The zero-order chi connectivity index (χ0) is 50.2. The molecule has 70 heavy (non-hydrogen) atoms. The molecule has 3 fully saturated rings. The van der Waals surface area contributed by atoms with Gasteiger partial charge in [0.1, 0.15) is 4.90 Å². The number of nitrogens with zero attached hydrogens (tertiary/aromatic N) is 4. The summed E-state index contributed by atoms with van der Waals surface area (Å²) in [7, 11) is -10.9. The maximum Gasteiger partial charge on any atom is 0.501 e. The molecule has 2 N–H and O–H groups in total. The number of rotatable bonds is 16. The van der Waals surface area contributed by atoms with E-state index in [0.717, 1.165) is 99.2 Å². The highest BCUT2D eigenvalue weighted by Gasteiger charge is 2.49. The summed E-state index contributed by atoms with van der Waals surface area (Å²) in [5.41, 5.74) is -0.863. The number of carbonyl (C=O) groups is 1. The summed E-state index contributed by atoms with van der Waals surface area (Å²) in [6.07, 6.45) is 4.65. The third-order valence-corrected chi connectivity index (χ3v) is 18.6. The lowest BCUT2D eigenvalue weighted by atomic mass is 9.72. The van der Waals surface area contributed by atoms with Crippen molar-refractivity contribution in [1.29, 1.82) is 0 Å². The fraction of sp³-hybridized carbons (Fsp3) is 0.481. The first kappa shape index (κ1) is 52.2. The van der Waals surface area contributed by atoms with Gasteiger partial charge in [0.2, 0.25) is 0 Å². The van der Waals surface area contributed by atoms with Crippen LogP contribution < -0.4 is 14.9 Å². The summed E-state index contributed by atoms with van der Waals surface area (Å²) in [5, 5.41) is 3.77. The van der Waals surface area contributed by atoms with Gasteiger partial charge in [-0.2, -0.15) is 13.2 Å². The minimum Gasteiger partial charge on any atom is -0.380 e. The Balaban J connectivity index is 0.941. The van der Waals surface area contributed by atoms with Crippen molar-refractivity contribution in [2.24, 2.45) is 5.41 Å².